The average Bonchev–Trinajstić information content (AvgIpc) is 3.09. The summed E-state index contributed by atoms with van der Waals surface area (Å²) in [5.41, 5.74) is 5.76. The molecule has 1 aromatic heterocycles. The number of thioether (sulfide) groups is 1. The van der Waals surface area contributed by atoms with Crippen LogP contribution in [0, 0.1) is 0 Å². The van der Waals surface area contributed by atoms with Crippen molar-refractivity contribution in [1.82, 2.24) is 15.8 Å². The van der Waals surface area contributed by atoms with Crippen LogP contribution in [0.3, 0.4) is 0 Å². The number of halogens is 1. The van der Waals surface area contributed by atoms with Gasteiger partial charge in [-0.3, -0.25) is 20.4 Å². The van der Waals surface area contributed by atoms with Crippen LogP contribution in [-0.4, -0.2) is 28.7 Å². The molecule has 0 fully saturated rings. The Morgan fingerprint density at radius 1 is 1.21 bits per heavy atom. The van der Waals surface area contributed by atoms with Gasteiger partial charge < -0.3 is 4.74 Å². The SMILES string of the molecule is CC(Oc1cccc(Br)c1)C(=O)NNC(=O)CSCc1nc2ccccc2s1. The first-order valence-corrected chi connectivity index (χ1v) is 11.2. The molecule has 6 nitrogen and oxygen atoms in total. The van der Waals surface area contributed by atoms with E-state index in [1.54, 1.807) is 30.4 Å². The van der Waals surface area contributed by atoms with E-state index in [0.29, 0.717) is 11.5 Å². The fourth-order valence-corrected chi connectivity index (χ4v) is 4.51. The number of para-hydroxylation sites is 1. The zero-order chi connectivity index (χ0) is 19.9. The first kappa shape index (κ1) is 20.6. The third kappa shape index (κ3) is 5.95. The fourth-order valence-electron chi connectivity index (χ4n) is 2.28. The summed E-state index contributed by atoms with van der Waals surface area (Å²) in [7, 11) is 0. The molecule has 1 atom stereocenters. The molecule has 0 radical (unpaired) electrons. The smallest absolute Gasteiger partial charge is 0.279 e. The third-order valence-electron chi connectivity index (χ3n) is 3.60. The molecule has 0 aliphatic carbocycles. The van der Waals surface area contributed by atoms with Crippen molar-refractivity contribution >= 4 is 61.1 Å². The van der Waals surface area contributed by atoms with E-state index in [1.165, 1.54) is 11.8 Å². The maximum absolute atomic E-state index is 12.1. The number of carbonyl (C=O) groups is 2. The van der Waals surface area contributed by atoms with Crippen LogP contribution in [0.1, 0.15) is 11.9 Å². The summed E-state index contributed by atoms with van der Waals surface area (Å²) in [6.45, 7) is 1.62. The summed E-state index contributed by atoms with van der Waals surface area (Å²) in [6.07, 6.45) is -0.745. The highest BCUT2D eigenvalue weighted by Gasteiger charge is 2.15. The first-order valence-electron chi connectivity index (χ1n) is 8.44. The van der Waals surface area contributed by atoms with Gasteiger partial charge in [0.2, 0.25) is 5.91 Å². The summed E-state index contributed by atoms with van der Waals surface area (Å²) in [5, 5.41) is 0.971. The van der Waals surface area contributed by atoms with Gasteiger partial charge in [-0.1, -0.05) is 34.1 Å². The lowest BCUT2D eigenvalue weighted by Crippen LogP contribution is -2.47. The lowest BCUT2D eigenvalue weighted by Gasteiger charge is -2.15. The molecule has 2 N–H and O–H groups in total. The number of aromatic nitrogens is 1. The van der Waals surface area contributed by atoms with Gasteiger partial charge in [-0.2, -0.15) is 0 Å². The minimum atomic E-state index is -0.745. The zero-order valence-electron chi connectivity index (χ0n) is 15.0. The van der Waals surface area contributed by atoms with Crippen LogP contribution in [0.25, 0.3) is 10.2 Å². The van der Waals surface area contributed by atoms with Crippen LogP contribution in [0.5, 0.6) is 5.75 Å². The van der Waals surface area contributed by atoms with Gasteiger partial charge in [-0.25, -0.2) is 4.98 Å². The number of nitrogens with zero attached hydrogens (tertiary/aromatic N) is 1. The molecule has 9 heteroatoms. The van der Waals surface area contributed by atoms with Gasteiger partial charge >= 0.3 is 0 Å². The second-order valence-electron chi connectivity index (χ2n) is 5.82. The lowest BCUT2D eigenvalue weighted by atomic mass is 10.3. The van der Waals surface area contributed by atoms with Gasteiger partial charge in [0.1, 0.15) is 10.8 Å². The number of thiazole rings is 1. The Labute approximate surface area is 179 Å². The number of hydrazine groups is 1. The molecule has 3 aromatic rings. The summed E-state index contributed by atoms with van der Waals surface area (Å²) in [5.74, 6) is 0.716. The van der Waals surface area contributed by atoms with Gasteiger partial charge in [0.25, 0.3) is 5.91 Å². The summed E-state index contributed by atoms with van der Waals surface area (Å²) in [4.78, 5) is 28.5. The van der Waals surface area contributed by atoms with E-state index in [4.69, 9.17) is 4.74 Å². The minimum Gasteiger partial charge on any atom is -0.481 e. The molecular weight excluding hydrogens is 462 g/mol. The number of ether oxygens (including phenoxy) is 1. The molecule has 0 aliphatic heterocycles. The quantitative estimate of drug-likeness (QED) is 0.502. The first-order chi connectivity index (χ1) is 13.5. The summed E-state index contributed by atoms with van der Waals surface area (Å²) >= 11 is 6.41. The highest BCUT2D eigenvalue weighted by Crippen LogP contribution is 2.24. The molecule has 146 valence electrons. The van der Waals surface area contributed by atoms with Crippen LogP contribution < -0.4 is 15.6 Å². The van der Waals surface area contributed by atoms with Crippen LogP contribution in [-0.2, 0) is 15.3 Å². The average molecular weight is 480 g/mol. The second kappa shape index (κ2) is 9.90. The molecule has 0 bridgehead atoms. The van der Waals surface area contributed by atoms with Crippen LogP contribution in [0.2, 0.25) is 0 Å². The van der Waals surface area contributed by atoms with Gasteiger partial charge in [-0.15, -0.1) is 23.1 Å². The maximum atomic E-state index is 12.1. The van der Waals surface area contributed by atoms with Gasteiger partial charge in [0, 0.05) is 10.2 Å². The molecule has 1 heterocycles. The summed E-state index contributed by atoms with van der Waals surface area (Å²) < 4.78 is 7.54. The Morgan fingerprint density at radius 2 is 2.04 bits per heavy atom. The van der Waals surface area contributed by atoms with Crippen LogP contribution >= 0.6 is 39.0 Å². The number of hydrogen-bond donors (Lipinski definition) is 2. The Morgan fingerprint density at radius 3 is 2.82 bits per heavy atom. The Kier molecular flexibility index (Phi) is 7.30. The van der Waals surface area contributed by atoms with Crippen molar-refractivity contribution in [3.63, 3.8) is 0 Å². The van der Waals surface area contributed by atoms with E-state index in [9.17, 15) is 9.59 Å². The van der Waals surface area contributed by atoms with Gasteiger partial charge in [0.05, 0.1) is 16.0 Å². The molecule has 3 rings (SSSR count). The Balaban J connectivity index is 1.38. The molecular formula is C19H18BrN3O3S2. The van der Waals surface area contributed by atoms with Crippen molar-refractivity contribution in [2.24, 2.45) is 0 Å². The topological polar surface area (TPSA) is 80.3 Å². The Bertz CT molecular complexity index is 947. The molecule has 2 amide bonds. The van der Waals surface area contributed by atoms with E-state index >= 15 is 0 Å². The predicted molar refractivity (Wildman–Crippen MR) is 116 cm³/mol. The summed E-state index contributed by atoms with van der Waals surface area (Å²) in [6, 6.07) is 15.1. The standard InChI is InChI=1S/C19H18BrN3O3S2/c1-12(26-14-6-4-5-13(20)9-14)19(25)23-22-17(24)10-27-11-18-21-15-7-2-3-8-16(15)28-18/h2-9,12H,10-11H2,1H3,(H,22,24)(H,23,25). The number of carbonyl (C=O) groups excluding carboxylic acids is 2. The van der Waals surface area contributed by atoms with E-state index in [1.807, 2.05) is 36.4 Å². The number of amides is 2. The molecule has 1 unspecified atom stereocenters. The maximum Gasteiger partial charge on any atom is 0.279 e. The number of nitrogens with one attached hydrogen (secondary N) is 2. The monoisotopic (exact) mass is 479 g/mol. The minimum absolute atomic E-state index is 0.219. The van der Waals surface area contributed by atoms with Crippen molar-refractivity contribution in [3.8, 4) is 5.75 Å². The predicted octanol–water partition coefficient (Wildman–Crippen LogP) is 3.91. The third-order valence-corrected chi connectivity index (χ3v) is 6.26. The van der Waals surface area contributed by atoms with E-state index in [2.05, 4.69) is 31.8 Å². The lowest BCUT2D eigenvalue weighted by molar-refractivity contribution is -0.131. The van der Waals surface area contributed by atoms with Crippen molar-refractivity contribution < 1.29 is 14.3 Å². The van der Waals surface area contributed by atoms with E-state index < -0.39 is 12.0 Å². The number of rotatable bonds is 7. The fraction of sp³-hybridized carbons (Fsp3) is 0.211. The molecule has 0 saturated carbocycles. The second-order valence-corrected chi connectivity index (χ2v) is 8.84. The molecule has 0 spiro atoms. The number of benzene rings is 2. The molecule has 2 aromatic carbocycles. The zero-order valence-corrected chi connectivity index (χ0v) is 18.2. The van der Waals surface area contributed by atoms with Crippen LogP contribution in [0.4, 0.5) is 0 Å². The molecule has 0 saturated heterocycles. The van der Waals surface area contributed by atoms with E-state index in [-0.39, 0.29) is 11.7 Å². The van der Waals surface area contributed by atoms with Crippen molar-refractivity contribution in [3.05, 3.63) is 58.0 Å². The highest BCUT2D eigenvalue weighted by atomic mass is 79.9. The highest BCUT2D eigenvalue weighted by molar-refractivity contribution is 9.10. The van der Waals surface area contributed by atoms with E-state index in [0.717, 1.165) is 19.7 Å². The van der Waals surface area contributed by atoms with Crippen molar-refractivity contribution in [1.29, 1.82) is 0 Å². The van der Waals surface area contributed by atoms with Gasteiger partial charge in [0.15, 0.2) is 6.10 Å². The normalized spacial score (nSPS) is 11.8. The van der Waals surface area contributed by atoms with Crippen molar-refractivity contribution in [2.75, 3.05) is 5.75 Å². The number of fused-ring (bicyclic) bond motifs is 1. The molecule has 28 heavy (non-hydrogen) atoms. The number of hydrogen-bond acceptors (Lipinski definition) is 6. The molecule has 0 aliphatic rings. The Hall–Kier alpha value is -2.10. The largest absolute Gasteiger partial charge is 0.481 e. The van der Waals surface area contributed by atoms with Gasteiger partial charge in [-0.05, 0) is 37.3 Å². The van der Waals surface area contributed by atoms with Crippen molar-refractivity contribution in [2.45, 2.75) is 18.8 Å². The van der Waals surface area contributed by atoms with Crippen LogP contribution in [0.15, 0.2) is 53.0 Å².